The fourth-order valence-electron chi connectivity index (χ4n) is 4.55. The summed E-state index contributed by atoms with van der Waals surface area (Å²) in [7, 11) is 1.89. The van der Waals surface area contributed by atoms with Crippen LogP contribution in [0.15, 0.2) is 0 Å². The van der Waals surface area contributed by atoms with E-state index in [0.717, 1.165) is 12.0 Å². The lowest BCUT2D eigenvalue weighted by molar-refractivity contribution is 0.0143. The van der Waals surface area contributed by atoms with E-state index in [-0.39, 0.29) is 0 Å². The number of methoxy groups -OCH3 is 1. The number of hydrogen-bond acceptors (Lipinski definition) is 3. The van der Waals surface area contributed by atoms with E-state index in [9.17, 15) is 0 Å². The number of rotatable bonds is 3. The zero-order valence-electron chi connectivity index (χ0n) is 12.4. The third kappa shape index (κ3) is 3.14. The van der Waals surface area contributed by atoms with Gasteiger partial charge in [-0.15, -0.1) is 0 Å². The Balaban J connectivity index is 1.57. The van der Waals surface area contributed by atoms with Crippen molar-refractivity contribution in [2.45, 2.75) is 69.6 Å². The molecule has 3 aliphatic rings. The lowest BCUT2D eigenvalue weighted by Crippen LogP contribution is -2.58. The van der Waals surface area contributed by atoms with Crippen LogP contribution in [0.2, 0.25) is 0 Å². The highest BCUT2D eigenvalue weighted by Gasteiger charge is 2.36. The van der Waals surface area contributed by atoms with E-state index in [0.29, 0.717) is 12.1 Å². The summed E-state index contributed by atoms with van der Waals surface area (Å²) in [6.07, 6.45) is 11.7. The van der Waals surface area contributed by atoms with Crippen molar-refractivity contribution in [2.24, 2.45) is 5.92 Å². The number of ether oxygens (including phenoxy) is 1. The molecule has 2 aliphatic carbocycles. The second-order valence-corrected chi connectivity index (χ2v) is 6.73. The molecule has 1 heterocycles. The maximum absolute atomic E-state index is 5.70. The lowest BCUT2D eigenvalue weighted by atomic mass is 9.83. The van der Waals surface area contributed by atoms with E-state index in [1.54, 1.807) is 0 Å². The van der Waals surface area contributed by atoms with Crippen molar-refractivity contribution in [1.82, 2.24) is 10.2 Å². The van der Waals surface area contributed by atoms with Gasteiger partial charge in [-0.25, -0.2) is 0 Å². The minimum absolute atomic E-state index is 0.491. The topological polar surface area (TPSA) is 24.5 Å². The van der Waals surface area contributed by atoms with Crippen molar-refractivity contribution in [1.29, 1.82) is 0 Å². The predicted octanol–water partition coefficient (Wildman–Crippen LogP) is 2.41. The van der Waals surface area contributed by atoms with Crippen LogP contribution in [0.5, 0.6) is 0 Å². The van der Waals surface area contributed by atoms with Gasteiger partial charge in [0.1, 0.15) is 0 Å². The smallest absolute Gasteiger partial charge is 0.0726 e. The Morgan fingerprint density at radius 1 is 1.00 bits per heavy atom. The maximum Gasteiger partial charge on any atom is 0.0726 e. The third-order valence-electron chi connectivity index (χ3n) is 5.65. The molecule has 3 heteroatoms. The Morgan fingerprint density at radius 2 is 1.84 bits per heavy atom. The van der Waals surface area contributed by atoms with Crippen LogP contribution in [0.4, 0.5) is 0 Å². The summed E-state index contributed by atoms with van der Waals surface area (Å²) in [6, 6.07) is 1.44. The van der Waals surface area contributed by atoms with E-state index in [1.165, 1.54) is 71.0 Å². The summed E-state index contributed by atoms with van der Waals surface area (Å²) in [6.45, 7) is 3.65. The first-order valence-electron chi connectivity index (χ1n) is 8.38. The number of nitrogens with zero attached hydrogens (tertiary/aromatic N) is 1. The highest BCUT2D eigenvalue weighted by atomic mass is 16.5. The van der Waals surface area contributed by atoms with Crippen molar-refractivity contribution in [2.75, 3.05) is 26.7 Å². The van der Waals surface area contributed by atoms with E-state index >= 15 is 0 Å². The lowest BCUT2D eigenvalue weighted by Gasteiger charge is -2.43. The molecule has 0 bridgehead atoms. The molecule has 1 N–H and O–H groups in total. The minimum atomic E-state index is 0.491. The zero-order valence-corrected chi connectivity index (χ0v) is 12.4. The molecule has 0 aromatic carbocycles. The number of nitrogens with one attached hydrogen (secondary N) is 1. The van der Waals surface area contributed by atoms with Crippen LogP contribution in [0.3, 0.4) is 0 Å². The van der Waals surface area contributed by atoms with Gasteiger partial charge in [0.05, 0.1) is 6.10 Å². The van der Waals surface area contributed by atoms with Crippen molar-refractivity contribution in [3.8, 4) is 0 Å². The molecule has 1 aliphatic heterocycles. The molecule has 2 saturated carbocycles. The van der Waals surface area contributed by atoms with Crippen molar-refractivity contribution in [3.05, 3.63) is 0 Å². The monoisotopic (exact) mass is 266 g/mol. The Bertz CT molecular complexity index is 278. The highest BCUT2D eigenvalue weighted by Crippen LogP contribution is 2.31. The summed E-state index contributed by atoms with van der Waals surface area (Å²) in [5.41, 5.74) is 0. The van der Waals surface area contributed by atoms with Gasteiger partial charge in [0.15, 0.2) is 0 Å². The standard InChI is InChI=1S/C16H30N2O/c1-19-16-9-5-8-15(16)18-11-10-17-14(12-18)13-6-3-2-4-7-13/h13-17H,2-12H2,1H3. The zero-order chi connectivity index (χ0) is 13.1. The molecule has 3 fully saturated rings. The van der Waals surface area contributed by atoms with Crippen LogP contribution in [0.1, 0.15) is 51.4 Å². The molecule has 0 spiro atoms. The first kappa shape index (κ1) is 13.8. The Hall–Kier alpha value is -0.120. The molecule has 1 saturated heterocycles. The molecule has 0 aromatic rings. The highest BCUT2D eigenvalue weighted by molar-refractivity contribution is 4.93. The summed E-state index contributed by atoms with van der Waals surface area (Å²) < 4.78 is 5.70. The minimum Gasteiger partial charge on any atom is -0.380 e. The molecular weight excluding hydrogens is 236 g/mol. The Labute approximate surface area is 118 Å². The van der Waals surface area contributed by atoms with E-state index in [1.807, 2.05) is 7.11 Å². The van der Waals surface area contributed by atoms with Crippen LogP contribution in [-0.4, -0.2) is 49.8 Å². The Morgan fingerprint density at radius 3 is 2.63 bits per heavy atom. The second kappa shape index (κ2) is 6.55. The average molecular weight is 266 g/mol. The molecular formula is C16H30N2O. The fourth-order valence-corrected chi connectivity index (χ4v) is 4.55. The molecule has 0 radical (unpaired) electrons. The van der Waals surface area contributed by atoms with Gasteiger partial charge in [0, 0.05) is 38.8 Å². The predicted molar refractivity (Wildman–Crippen MR) is 78.4 cm³/mol. The third-order valence-corrected chi connectivity index (χ3v) is 5.65. The van der Waals surface area contributed by atoms with E-state index in [4.69, 9.17) is 4.74 Å². The SMILES string of the molecule is COC1CCCC1N1CCNC(C2CCCCC2)C1. The van der Waals surface area contributed by atoms with Crippen LogP contribution in [-0.2, 0) is 4.74 Å². The van der Waals surface area contributed by atoms with Gasteiger partial charge >= 0.3 is 0 Å². The van der Waals surface area contributed by atoms with E-state index in [2.05, 4.69) is 10.2 Å². The second-order valence-electron chi connectivity index (χ2n) is 6.73. The van der Waals surface area contributed by atoms with Crippen molar-refractivity contribution >= 4 is 0 Å². The van der Waals surface area contributed by atoms with Gasteiger partial charge in [-0.05, 0) is 38.0 Å². The number of piperazine rings is 1. The van der Waals surface area contributed by atoms with Gasteiger partial charge < -0.3 is 10.1 Å². The Kier molecular flexibility index (Phi) is 4.78. The molecule has 3 unspecified atom stereocenters. The first-order valence-corrected chi connectivity index (χ1v) is 8.38. The quantitative estimate of drug-likeness (QED) is 0.849. The van der Waals surface area contributed by atoms with Crippen LogP contribution >= 0.6 is 0 Å². The summed E-state index contributed by atoms with van der Waals surface area (Å²) in [4.78, 5) is 2.73. The summed E-state index contributed by atoms with van der Waals surface area (Å²) in [5, 5.41) is 3.79. The number of hydrogen-bond donors (Lipinski definition) is 1. The molecule has 3 nitrogen and oxygen atoms in total. The van der Waals surface area contributed by atoms with Crippen molar-refractivity contribution < 1.29 is 4.74 Å². The molecule has 3 rings (SSSR count). The van der Waals surface area contributed by atoms with Gasteiger partial charge in [0.25, 0.3) is 0 Å². The summed E-state index contributed by atoms with van der Waals surface area (Å²) in [5.74, 6) is 0.930. The normalized spacial score (nSPS) is 38.7. The van der Waals surface area contributed by atoms with Gasteiger partial charge in [-0.1, -0.05) is 19.3 Å². The summed E-state index contributed by atoms with van der Waals surface area (Å²) >= 11 is 0. The van der Waals surface area contributed by atoms with Gasteiger partial charge in [-0.2, -0.15) is 0 Å². The fraction of sp³-hybridized carbons (Fsp3) is 1.00. The molecule has 0 amide bonds. The molecule has 0 aromatic heterocycles. The van der Waals surface area contributed by atoms with Gasteiger partial charge in [0.2, 0.25) is 0 Å². The largest absolute Gasteiger partial charge is 0.380 e. The molecule has 110 valence electrons. The van der Waals surface area contributed by atoms with Crippen LogP contribution < -0.4 is 5.32 Å². The molecule has 3 atom stereocenters. The molecule has 19 heavy (non-hydrogen) atoms. The van der Waals surface area contributed by atoms with Gasteiger partial charge in [-0.3, -0.25) is 4.90 Å². The maximum atomic E-state index is 5.70. The van der Waals surface area contributed by atoms with Crippen LogP contribution in [0, 0.1) is 5.92 Å². The van der Waals surface area contributed by atoms with Crippen LogP contribution in [0.25, 0.3) is 0 Å². The average Bonchev–Trinajstić information content (AvgIpc) is 2.97. The van der Waals surface area contributed by atoms with Crippen molar-refractivity contribution in [3.63, 3.8) is 0 Å². The van der Waals surface area contributed by atoms with E-state index < -0.39 is 0 Å². The first-order chi connectivity index (χ1) is 9.38.